The Hall–Kier alpha value is -1.70. The van der Waals surface area contributed by atoms with E-state index in [1.54, 1.807) is 4.31 Å². The first kappa shape index (κ1) is 18.7. The molecule has 0 aliphatic carbocycles. The Bertz CT molecular complexity index is 902. The number of hydrogen-bond donors (Lipinski definition) is 1. The van der Waals surface area contributed by atoms with Gasteiger partial charge in [0.1, 0.15) is 0 Å². The van der Waals surface area contributed by atoms with Gasteiger partial charge in [-0.1, -0.05) is 18.2 Å². The van der Waals surface area contributed by atoms with Crippen LogP contribution in [0.4, 0.5) is 5.69 Å². The zero-order valence-electron chi connectivity index (χ0n) is 15.7. The van der Waals surface area contributed by atoms with Gasteiger partial charge in [0.15, 0.2) is 0 Å². The SMILES string of the molecule is Cc1cc(NC2CCN(S(=O)(=O)C3CCOCC3)CC2)c2ccccc2n1. The Morgan fingerprint density at radius 3 is 2.56 bits per heavy atom. The van der Waals surface area contributed by atoms with E-state index in [-0.39, 0.29) is 11.3 Å². The van der Waals surface area contributed by atoms with Gasteiger partial charge in [0.2, 0.25) is 10.0 Å². The van der Waals surface area contributed by atoms with Crippen LogP contribution >= 0.6 is 0 Å². The van der Waals surface area contributed by atoms with Gasteiger partial charge in [0, 0.05) is 49.1 Å². The lowest BCUT2D eigenvalue weighted by molar-refractivity contribution is 0.0969. The first-order valence-corrected chi connectivity index (χ1v) is 11.2. The normalized spacial score (nSPS) is 20.8. The van der Waals surface area contributed by atoms with Gasteiger partial charge in [-0.25, -0.2) is 12.7 Å². The summed E-state index contributed by atoms with van der Waals surface area (Å²) < 4.78 is 32.7. The number of sulfonamides is 1. The summed E-state index contributed by atoms with van der Waals surface area (Å²) in [5.41, 5.74) is 3.05. The van der Waals surface area contributed by atoms with Crippen molar-refractivity contribution in [2.24, 2.45) is 0 Å². The van der Waals surface area contributed by atoms with Gasteiger partial charge in [-0.05, 0) is 44.7 Å². The highest BCUT2D eigenvalue weighted by Gasteiger charge is 2.35. The molecule has 2 aliphatic heterocycles. The maximum Gasteiger partial charge on any atom is 0.217 e. The maximum absolute atomic E-state index is 12.9. The van der Waals surface area contributed by atoms with Crippen molar-refractivity contribution in [2.75, 3.05) is 31.6 Å². The molecule has 2 aliphatic rings. The number of pyridine rings is 1. The van der Waals surface area contributed by atoms with Crippen LogP contribution in [-0.4, -0.2) is 55.3 Å². The van der Waals surface area contributed by atoms with Gasteiger partial charge >= 0.3 is 0 Å². The molecule has 2 aromatic rings. The molecular formula is C20H27N3O3S. The number of nitrogens with one attached hydrogen (secondary N) is 1. The lowest BCUT2D eigenvalue weighted by Crippen LogP contribution is -2.47. The van der Waals surface area contributed by atoms with Gasteiger partial charge in [0.05, 0.1) is 10.8 Å². The third kappa shape index (κ3) is 3.95. The predicted molar refractivity (Wildman–Crippen MR) is 107 cm³/mol. The second-order valence-corrected chi connectivity index (χ2v) is 9.72. The Kier molecular flexibility index (Phi) is 5.34. The second-order valence-electron chi connectivity index (χ2n) is 7.50. The third-order valence-corrected chi connectivity index (χ3v) is 8.01. The summed E-state index contributed by atoms with van der Waals surface area (Å²) in [7, 11) is -3.21. The van der Waals surface area contributed by atoms with Crippen molar-refractivity contribution in [3.05, 3.63) is 36.0 Å². The standard InChI is InChI=1S/C20H27N3O3S/c1-15-14-20(18-4-2-3-5-19(18)21-15)22-16-6-10-23(11-7-16)27(24,25)17-8-12-26-13-9-17/h2-5,14,16-17H,6-13H2,1H3,(H,21,22). The van der Waals surface area contributed by atoms with E-state index >= 15 is 0 Å². The Morgan fingerprint density at radius 2 is 1.81 bits per heavy atom. The van der Waals surface area contributed by atoms with Gasteiger partial charge in [-0.2, -0.15) is 0 Å². The molecule has 27 heavy (non-hydrogen) atoms. The fourth-order valence-electron chi connectivity index (χ4n) is 4.09. The number of piperidine rings is 1. The lowest BCUT2D eigenvalue weighted by Gasteiger charge is -2.35. The van der Waals surface area contributed by atoms with Crippen LogP contribution in [0.25, 0.3) is 10.9 Å². The Balaban J connectivity index is 1.43. The summed E-state index contributed by atoms with van der Waals surface area (Å²) in [4.78, 5) is 4.59. The number of hydrogen-bond acceptors (Lipinski definition) is 5. The number of anilines is 1. The van der Waals surface area contributed by atoms with Crippen LogP contribution in [0.5, 0.6) is 0 Å². The van der Waals surface area contributed by atoms with E-state index in [9.17, 15) is 8.42 Å². The number of aryl methyl sites for hydroxylation is 1. The highest BCUT2D eigenvalue weighted by atomic mass is 32.2. The summed E-state index contributed by atoms with van der Waals surface area (Å²) in [5, 5.41) is 4.47. The summed E-state index contributed by atoms with van der Waals surface area (Å²) in [6.07, 6.45) is 2.86. The van der Waals surface area contributed by atoms with E-state index in [0.29, 0.717) is 39.1 Å². The molecule has 0 atom stereocenters. The van der Waals surface area contributed by atoms with Crippen LogP contribution in [-0.2, 0) is 14.8 Å². The number of rotatable bonds is 4. The summed E-state index contributed by atoms with van der Waals surface area (Å²) >= 11 is 0. The molecule has 3 heterocycles. The number of fused-ring (bicyclic) bond motifs is 1. The number of benzene rings is 1. The van der Waals surface area contributed by atoms with Gasteiger partial charge in [-0.15, -0.1) is 0 Å². The van der Waals surface area contributed by atoms with E-state index in [4.69, 9.17) is 4.74 Å². The van der Waals surface area contributed by atoms with E-state index in [0.717, 1.165) is 35.1 Å². The van der Waals surface area contributed by atoms with Crippen molar-refractivity contribution in [1.82, 2.24) is 9.29 Å². The minimum atomic E-state index is -3.21. The van der Waals surface area contributed by atoms with Crippen molar-refractivity contribution in [1.29, 1.82) is 0 Å². The monoisotopic (exact) mass is 389 g/mol. The molecule has 2 fully saturated rings. The quantitative estimate of drug-likeness (QED) is 0.871. The molecule has 146 valence electrons. The topological polar surface area (TPSA) is 71.5 Å². The zero-order chi connectivity index (χ0) is 18.9. The van der Waals surface area contributed by atoms with Crippen molar-refractivity contribution in [3.8, 4) is 0 Å². The molecule has 0 saturated carbocycles. The molecule has 0 radical (unpaired) electrons. The molecule has 1 aromatic heterocycles. The van der Waals surface area contributed by atoms with Crippen molar-refractivity contribution in [3.63, 3.8) is 0 Å². The van der Waals surface area contributed by atoms with E-state index in [1.165, 1.54) is 0 Å². The van der Waals surface area contributed by atoms with Crippen molar-refractivity contribution < 1.29 is 13.2 Å². The van der Waals surface area contributed by atoms with Crippen LogP contribution in [0, 0.1) is 6.92 Å². The van der Waals surface area contributed by atoms with Gasteiger partial charge in [-0.3, -0.25) is 4.98 Å². The fourth-order valence-corrected chi connectivity index (χ4v) is 6.02. The van der Waals surface area contributed by atoms with Crippen LogP contribution in [0.2, 0.25) is 0 Å². The highest BCUT2D eigenvalue weighted by molar-refractivity contribution is 7.89. The summed E-state index contributed by atoms with van der Waals surface area (Å²) in [5.74, 6) is 0. The molecule has 6 nitrogen and oxygen atoms in total. The molecule has 0 bridgehead atoms. The maximum atomic E-state index is 12.9. The fraction of sp³-hybridized carbons (Fsp3) is 0.550. The molecule has 7 heteroatoms. The minimum Gasteiger partial charge on any atom is -0.382 e. The third-order valence-electron chi connectivity index (χ3n) is 5.61. The minimum absolute atomic E-state index is 0.274. The Labute approximate surface area is 161 Å². The molecular weight excluding hydrogens is 362 g/mol. The zero-order valence-corrected chi connectivity index (χ0v) is 16.5. The summed E-state index contributed by atoms with van der Waals surface area (Å²) in [6, 6.07) is 10.5. The number of ether oxygens (including phenoxy) is 1. The van der Waals surface area contributed by atoms with E-state index in [1.807, 2.05) is 25.1 Å². The van der Waals surface area contributed by atoms with Crippen LogP contribution in [0.3, 0.4) is 0 Å². The smallest absolute Gasteiger partial charge is 0.217 e. The van der Waals surface area contributed by atoms with Crippen molar-refractivity contribution in [2.45, 2.75) is 43.9 Å². The van der Waals surface area contributed by atoms with E-state index in [2.05, 4.69) is 22.4 Å². The average Bonchev–Trinajstić information content (AvgIpc) is 2.69. The first-order chi connectivity index (χ1) is 13.0. The molecule has 0 spiro atoms. The first-order valence-electron chi connectivity index (χ1n) is 9.73. The Morgan fingerprint density at radius 1 is 1.11 bits per heavy atom. The second kappa shape index (κ2) is 7.73. The van der Waals surface area contributed by atoms with Crippen LogP contribution in [0.15, 0.2) is 30.3 Å². The number of aromatic nitrogens is 1. The lowest BCUT2D eigenvalue weighted by atomic mass is 10.1. The number of nitrogens with zero attached hydrogens (tertiary/aromatic N) is 2. The molecule has 2 saturated heterocycles. The number of para-hydroxylation sites is 1. The van der Waals surface area contributed by atoms with Crippen LogP contribution in [0.1, 0.15) is 31.4 Å². The molecule has 4 rings (SSSR count). The van der Waals surface area contributed by atoms with Gasteiger partial charge in [0.25, 0.3) is 0 Å². The highest BCUT2D eigenvalue weighted by Crippen LogP contribution is 2.27. The predicted octanol–water partition coefficient (Wildman–Crippen LogP) is 2.93. The summed E-state index contributed by atoms with van der Waals surface area (Å²) in [6.45, 7) is 4.27. The molecule has 1 N–H and O–H groups in total. The van der Waals surface area contributed by atoms with Crippen molar-refractivity contribution >= 4 is 26.6 Å². The largest absolute Gasteiger partial charge is 0.382 e. The van der Waals surface area contributed by atoms with E-state index < -0.39 is 10.0 Å². The average molecular weight is 390 g/mol. The van der Waals surface area contributed by atoms with Gasteiger partial charge < -0.3 is 10.1 Å². The molecule has 1 aromatic carbocycles. The van der Waals surface area contributed by atoms with Crippen LogP contribution < -0.4 is 5.32 Å². The molecule has 0 unspecified atom stereocenters. The molecule has 0 amide bonds.